The minimum absolute atomic E-state index is 0.0116. The molecule has 2 fully saturated rings. The monoisotopic (exact) mass is 280 g/mol. The lowest BCUT2D eigenvalue weighted by molar-refractivity contribution is -0.156. The Morgan fingerprint density at radius 1 is 1.15 bits per heavy atom. The summed E-state index contributed by atoms with van der Waals surface area (Å²) in [6.07, 6.45) is 3.41. The molecule has 1 saturated heterocycles. The van der Waals surface area contributed by atoms with Gasteiger partial charge in [0.15, 0.2) is 0 Å². The fraction of sp³-hybridized carbons (Fsp3) is 0.875. The van der Waals surface area contributed by atoms with Gasteiger partial charge in [-0.3, -0.25) is 9.59 Å². The fourth-order valence-electron chi connectivity index (χ4n) is 3.79. The molecule has 4 nitrogen and oxygen atoms in total. The topological polar surface area (TPSA) is 49.4 Å². The molecule has 0 radical (unpaired) electrons. The zero-order chi connectivity index (χ0) is 15.0. The van der Waals surface area contributed by atoms with Crippen molar-refractivity contribution in [3.63, 3.8) is 0 Å². The first-order valence-electron chi connectivity index (χ1n) is 7.97. The predicted octanol–water partition coefficient (Wildman–Crippen LogP) is 2.18. The van der Waals surface area contributed by atoms with Crippen LogP contribution in [-0.2, 0) is 9.59 Å². The van der Waals surface area contributed by atoms with Gasteiger partial charge in [-0.2, -0.15) is 0 Å². The summed E-state index contributed by atoms with van der Waals surface area (Å²) in [5.41, 5.74) is 0. The van der Waals surface area contributed by atoms with E-state index >= 15 is 0 Å². The van der Waals surface area contributed by atoms with Gasteiger partial charge in [-0.1, -0.05) is 40.5 Å². The molecule has 1 heterocycles. The molecule has 2 aliphatic rings. The highest BCUT2D eigenvalue weighted by atomic mass is 16.2. The van der Waals surface area contributed by atoms with Gasteiger partial charge in [0.25, 0.3) is 0 Å². The lowest BCUT2D eigenvalue weighted by atomic mass is 9.76. The Balaban J connectivity index is 2.32. The van der Waals surface area contributed by atoms with Crippen LogP contribution in [0.15, 0.2) is 0 Å². The largest absolute Gasteiger partial charge is 0.343 e. The first-order valence-corrected chi connectivity index (χ1v) is 7.97. The molecule has 0 bridgehead atoms. The highest BCUT2D eigenvalue weighted by molar-refractivity contribution is 5.97. The molecule has 4 heteroatoms. The third-order valence-electron chi connectivity index (χ3n) is 5.20. The predicted molar refractivity (Wildman–Crippen MR) is 79.0 cm³/mol. The Morgan fingerprint density at radius 3 is 2.40 bits per heavy atom. The Kier molecular flexibility index (Phi) is 4.40. The third kappa shape index (κ3) is 2.57. The summed E-state index contributed by atoms with van der Waals surface area (Å²) < 4.78 is 0. The Labute approximate surface area is 122 Å². The quantitative estimate of drug-likeness (QED) is 0.843. The molecular formula is C16H28N2O2. The third-order valence-corrected chi connectivity index (χ3v) is 5.20. The minimum atomic E-state index is -0.387. The molecule has 2 rings (SSSR count). The molecule has 5 unspecified atom stereocenters. The highest BCUT2D eigenvalue weighted by Crippen LogP contribution is 2.36. The van der Waals surface area contributed by atoms with E-state index in [0.29, 0.717) is 11.8 Å². The maximum atomic E-state index is 12.6. The molecule has 20 heavy (non-hydrogen) atoms. The van der Waals surface area contributed by atoms with Crippen LogP contribution in [0, 0.1) is 17.8 Å². The maximum Gasteiger partial charge on any atom is 0.245 e. The van der Waals surface area contributed by atoms with E-state index in [1.54, 1.807) is 6.92 Å². The SMILES string of the molecule is CC1NC(=O)C(C(C)C)N(C2CCCC(C)C2C)C1=O. The van der Waals surface area contributed by atoms with Gasteiger partial charge < -0.3 is 10.2 Å². The van der Waals surface area contributed by atoms with E-state index in [1.807, 2.05) is 18.7 Å². The number of nitrogens with zero attached hydrogens (tertiary/aromatic N) is 1. The van der Waals surface area contributed by atoms with Gasteiger partial charge in [0.2, 0.25) is 11.8 Å². The average molecular weight is 280 g/mol. The summed E-state index contributed by atoms with van der Waals surface area (Å²) in [4.78, 5) is 26.9. The number of carbonyl (C=O) groups is 2. The second-order valence-electron chi connectivity index (χ2n) is 7.00. The van der Waals surface area contributed by atoms with Crippen molar-refractivity contribution in [2.75, 3.05) is 0 Å². The van der Waals surface area contributed by atoms with E-state index in [1.165, 1.54) is 6.42 Å². The van der Waals surface area contributed by atoms with Crippen LogP contribution in [0.2, 0.25) is 0 Å². The molecule has 5 atom stereocenters. The first-order chi connectivity index (χ1) is 9.34. The molecule has 1 saturated carbocycles. The van der Waals surface area contributed by atoms with Crippen molar-refractivity contribution >= 4 is 11.8 Å². The normalized spacial score (nSPS) is 39.1. The van der Waals surface area contributed by atoms with Crippen LogP contribution >= 0.6 is 0 Å². The fourth-order valence-corrected chi connectivity index (χ4v) is 3.79. The Bertz CT molecular complexity index is 394. The number of piperazine rings is 1. The lowest BCUT2D eigenvalue weighted by Crippen LogP contribution is -2.67. The van der Waals surface area contributed by atoms with E-state index in [9.17, 15) is 9.59 Å². The van der Waals surface area contributed by atoms with Gasteiger partial charge >= 0.3 is 0 Å². The van der Waals surface area contributed by atoms with Crippen molar-refractivity contribution in [2.24, 2.45) is 17.8 Å². The van der Waals surface area contributed by atoms with Crippen molar-refractivity contribution in [3.8, 4) is 0 Å². The second kappa shape index (κ2) is 5.74. The summed E-state index contributed by atoms with van der Waals surface area (Å²) in [7, 11) is 0. The number of nitrogens with one attached hydrogen (secondary N) is 1. The molecule has 0 aromatic carbocycles. The van der Waals surface area contributed by atoms with Crippen LogP contribution in [0.3, 0.4) is 0 Å². The number of carbonyl (C=O) groups excluding carboxylic acids is 2. The molecule has 114 valence electrons. The number of hydrogen-bond donors (Lipinski definition) is 1. The van der Waals surface area contributed by atoms with E-state index < -0.39 is 0 Å². The summed E-state index contributed by atoms with van der Waals surface area (Å²) in [6.45, 7) is 10.3. The zero-order valence-electron chi connectivity index (χ0n) is 13.3. The van der Waals surface area contributed by atoms with Gasteiger partial charge in [0.05, 0.1) is 0 Å². The van der Waals surface area contributed by atoms with Crippen LogP contribution in [0.1, 0.15) is 53.9 Å². The molecule has 1 aliphatic heterocycles. The number of rotatable bonds is 2. The number of hydrogen-bond acceptors (Lipinski definition) is 2. The van der Waals surface area contributed by atoms with Crippen LogP contribution in [0.25, 0.3) is 0 Å². The smallest absolute Gasteiger partial charge is 0.245 e. The van der Waals surface area contributed by atoms with Crippen molar-refractivity contribution in [2.45, 2.75) is 72.0 Å². The molecule has 2 amide bonds. The standard InChI is InChI=1S/C16H28N2O2/c1-9(2)14-15(19)17-12(5)16(20)18(14)13-8-6-7-10(3)11(13)4/h9-14H,6-8H2,1-5H3,(H,17,19). The highest BCUT2D eigenvalue weighted by Gasteiger charge is 2.46. The Hall–Kier alpha value is -1.06. The van der Waals surface area contributed by atoms with Gasteiger partial charge in [0.1, 0.15) is 12.1 Å². The maximum absolute atomic E-state index is 12.6. The zero-order valence-corrected chi connectivity index (χ0v) is 13.3. The summed E-state index contributed by atoms with van der Waals surface area (Å²) in [5.74, 6) is 1.34. The van der Waals surface area contributed by atoms with E-state index in [4.69, 9.17) is 0 Å². The van der Waals surface area contributed by atoms with Gasteiger partial charge in [0, 0.05) is 6.04 Å². The van der Waals surface area contributed by atoms with E-state index in [-0.39, 0.29) is 35.9 Å². The van der Waals surface area contributed by atoms with Gasteiger partial charge in [-0.05, 0) is 31.1 Å². The average Bonchev–Trinajstić information content (AvgIpc) is 2.36. The van der Waals surface area contributed by atoms with E-state index in [0.717, 1.165) is 12.8 Å². The Morgan fingerprint density at radius 2 is 1.80 bits per heavy atom. The van der Waals surface area contributed by atoms with Crippen molar-refractivity contribution in [1.29, 1.82) is 0 Å². The molecule has 1 aliphatic carbocycles. The molecule has 0 spiro atoms. The number of amides is 2. The molecule has 1 N–H and O–H groups in total. The van der Waals surface area contributed by atoms with Crippen LogP contribution < -0.4 is 5.32 Å². The molecular weight excluding hydrogens is 252 g/mol. The van der Waals surface area contributed by atoms with E-state index in [2.05, 4.69) is 19.2 Å². The van der Waals surface area contributed by atoms with Crippen LogP contribution in [0.4, 0.5) is 0 Å². The van der Waals surface area contributed by atoms with Crippen molar-refractivity contribution in [1.82, 2.24) is 10.2 Å². The summed E-state index contributed by atoms with van der Waals surface area (Å²) in [6, 6.07) is -0.481. The first kappa shape index (κ1) is 15.3. The van der Waals surface area contributed by atoms with Gasteiger partial charge in [-0.25, -0.2) is 0 Å². The van der Waals surface area contributed by atoms with Crippen molar-refractivity contribution in [3.05, 3.63) is 0 Å². The summed E-state index contributed by atoms with van der Waals surface area (Å²) >= 11 is 0. The minimum Gasteiger partial charge on any atom is -0.343 e. The summed E-state index contributed by atoms with van der Waals surface area (Å²) in [5, 5.41) is 2.83. The molecule has 0 aromatic rings. The van der Waals surface area contributed by atoms with Crippen molar-refractivity contribution < 1.29 is 9.59 Å². The van der Waals surface area contributed by atoms with Crippen LogP contribution in [0.5, 0.6) is 0 Å². The van der Waals surface area contributed by atoms with Gasteiger partial charge in [-0.15, -0.1) is 0 Å². The lowest BCUT2D eigenvalue weighted by Gasteiger charge is -2.49. The molecule has 0 aromatic heterocycles. The second-order valence-corrected chi connectivity index (χ2v) is 7.00. The van der Waals surface area contributed by atoms with Crippen LogP contribution in [-0.4, -0.2) is 34.8 Å².